The van der Waals surface area contributed by atoms with Crippen molar-refractivity contribution in [3.05, 3.63) is 30.0 Å². The van der Waals surface area contributed by atoms with Crippen molar-refractivity contribution in [1.29, 1.82) is 0 Å². The smallest absolute Gasteiger partial charge is 0.180 e. The SMILES string of the molecule is Cc1nc(N)sc1-c1ccc(S(C)(=O)=O)cc1. The molecule has 0 bridgehead atoms. The molecule has 2 N–H and O–H groups in total. The third-order valence-electron chi connectivity index (χ3n) is 2.36. The van der Waals surface area contributed by atoms with Crippen LogP contribution in [0, 0.1) is 6.92 Å². The number of aryl methyl sites for hydroxylation is 1. The van der Waals surface area contributed by atoms with Gasteiger partial charge in [-0.05, 0) is 24.6 Å². The topological polar surface area (TPSA) is 73.0 Å². The summed E-state index contributed by atoms with van der Waals surface area (Å²) in [5, 5.41) is 0.518. The minimum Gasteiger partial charge on any atom is -0.375 e. The first-order valence-electron chi connectivity index (χ1n) is 4.91. The second-order valence-corrected chi connectivity index (χ2v) is 6.81. The number of nitrogens with two attached hydrogens (primary N) is 1. The number of nitrogen functional groups attached to an aromatic ring is 1. The number of thiazole rings is 1. The molecule has 0 radical (unpaired) electrons. The Morgan fingerprint density at radius 2 is 1.82 bits per heavy atom. The third kappa shape index (κ3) is 2.48. The second-order valence-electron chi connectivity index (χ2n) is 3.76. The van der Waals surface area contributed by atoms with Crippen molar-refractivity contribution < 1.29 is 8.42 Å². The standard InChI is InChI=1S/C11H12N2O2S2/c1-7-10(16-11(12)13-7)8-3-5-9(6-4-8)17(2,14)15/h3-6H,1-2H3,(H2,12,13). The summed E-state index contributed by atoms with van der Waals surface area (Å²) >= 11 is 1.40. The summed E-state index contributed by atoms with van der Waals surface area (Å²) in [7, 11) is -3.14. The normalized spacial score (nSPS) is 11.6. The molecule has 4 nitrogen and oxygen atoms in total. The highest BCUT2D eigenvalue weighted by atomic mass is 32.2. The molecule has 0 amide bonds. The van der Waals surface area contributed by atoms with E-state index in [4.69, 9.17) is 5.73 Å². The van der Waals surface area contributed by atoms with Gasteiger partial charge in [0.05, 0.1) is 15.5 Å². The molecule has 17 heavy (non-hydrogen) atoms. The van der Waals surface area contributed by atoms with Crippen molar-refractivity contribution >= 4 is 26.3 Å². The first kappa shape index (κ1) is 12.1. The van der Waals surface area contributed by atoms with Crippen molar-refractivity contribution in [2.24, 2.45) is 0 Å². The molecule has 0 spiro atoms. The predicted molar refractivity (Wildman–Crippen MR) is 69.8 cm³/mol. The Morgan fingerprint density at radius 1 is 1.24 bits per heavy atom. The van der Waals surface area contributed by atoms with Gasteiger partial charge >= 0.3 is 0 Å². The fourth-order valence-electron chi connectivity index (χ4n) is 1.54. The van der Waals surface area contributed by atoms with E-state index in [9.17, 15) is 8.42 Å². The van der Waals surface area contributed by atoms with Crippen molar-refractivity contribution in [1.82, 2.24) is 4.98 Å². The molecule has 90 valence electrons. The molecule has 0 aliphatic rings. The van der Waals surface area contributed by atoms with Gasteiger partial charge in [-0.2, -0.15) is 0 Å². The average Bonchev–Trinajstić information content (AvgIpc) is 2.57. The highest BCUT2D eigenvalue weighted by Gasteiger charge is 2.10. The zero-order valence-electron chi connectivity index (χ0n) is 9.47. The summed E-state index contributed by atoms with van der Waals surface area (Å²) in [5.41, 5.74) is 7.42. The van der Waals surface area contributed by atoms with Crippen molar-refractivity contribution in [2.75, 3.05) is 12.0 Å². The van der Waals surface area contributed by atoms with Crippen molar-refractivity contribution in [3.8, 4) is 10.4 Å². The monoisotopic (exact) mass is 268 g/mol. The van der Waals surface area contributed by atoms with Crippen molar-refractivity contribution in [2.45, 2.75) is 11.8 Å². The van der Waals surface area contributed by atoms with Gasteiger partial charge < -0.3 is 5.73 Å². The van der Waals surface area contributed by atoms with Gasteiger partial charge in [0.15, 0.2) is 15.0 Å². The van der Waals surface area contributed by atoms with Crippen LogP contribution in [0.3, 0.4) is 0 Å². The Morgan fingerprint density at radius 3 is 2.24 bits per heavy atom. The maximum absolute atomic E-state index is 11.3. The van der Waals surface area contributed by atoms with E-state index in [1.807, 2.05) is 6.92 Å². The van der Waals surface area contributed by atoms with E-state index in [2.05, 4.69) is 4.98 Å². The van der Waals surface area contributed by atoms with E-state index < -0.39 is 9.84 Å². The maximum Gasteiger partial charge on any atom is 0.180 e. The lowest BCUT2D eigenvalue weighted by Crippen LogP contribution is -1.96. The van der Waals surface area contributed by atoms with Crippen LogP contribution < -0.4 is 5.73 Å². The first-order valence-corrected chi connectivity index (χ1v) is 7.62. The van der Waals surface area contributed by atoms with Crippen LogP contribution in [-0.4, -0.2) is 19.7 Å². The number of aromatic nitrogens is 1. The Kier molecular flexibility index (Phi) is 2.92. The van der Waals surface area contributed by atoms with Crippen LogP contribution in [0.1, 0.15) is 5.69 Å². The second kappa shape index (κ2) is 4.12. The van der Waals surface area contributed by atoms with Crippen LogP contribution in [0.25, 0.3) is 10.4 Å². The lowest BCUT2D eigenvalue weighted by molar-refractivity contribution is 0.602. The molecular weight excluding hydrogens is 256 g/mol. The van der Waals surface area contributed by atoms with E-state index in [0.717, 1.165) is 16.1 Å². The molecule has 2 aromatic rings. The van der Waals surface area contributed by atoms with Gasteiger partial charge in [-0.15, -0.1) is 0 Å². The van der Waals surface area contributed by atoms with Gasteiger partial charge in [-0.3, -0.25) is 0 Å². The fraction of sp³-hybridized carbons (Fsp3) is 0.182. The Labute approximate surface area is 104 Å². The number of rotatable bonds is 2. The van der Waals surface area contributed by atoms with Crippen LogP contribution in [0.4, 0.5) is 5.13 Å². The van der Waals surface area contributed by atoms with E-state index in [0.29, 0.717) is 10.0 Å². The molecule has 0 aliphatic heterocycles. The number of anilines is 1. The number of hydrogen-bond acceptors (Lipinski definition) is 5. The molecule has 0 unspecified atom stereocenters. The Bertz CT molecular complexity index is 643. The lowest BCUT2D eigenvalue weighted by atomic mass is 10.2. The van der Waals surface area contributed by atoms with E-state index in [-0.39, 0.29) is 0 Å². The highest BCUT2D eigenvalue weighted by molar-refractivity contribution is 7.90. The van der Waals surface area contributed by atoms with E-state index in [1.54, 1.807) is 24.3 Å². The van der Waals surface area contributed by atoms with Crippen LogP contribution in [0.15, 0.2) is 29.2 Å². The summed E-state index contributed by atoms with van der Waals surface area (Å²) in [6.45, 7) is 1.88. The fourth-order valence-corrected chi connectivity index (χ4v) is 3.01. The molecule has 1 aromatic carbocycles. The molecule has 0 atom stereocenters. The largest absolute Gasteiger partial charge is 0.375 e. The summed E-state index contributed by atoms with van der Waals surface area (Å²) in [4.78, 5) is 5.43. The molecule has 0 aliphatic carbocycles. The Hall–Kier alpha value is -1.40. The van der Waals surface area contributed by atoms with Gasteiger partial charge in [-0.1, -0.05) is 23.5 Å². The maximum atomic E-state index is 11.3. The molecular formula is C11H12N2O2S2. The Balaban J connectivity index is 2.46. The van der Waals surface area contributed by atoms with Gasteiger partial charge in [0.2, 0.25) is 0 Å². The molecule has 0 saturated carbocycles. The molecule has 0 saturated heterocycles. The van der Waals surface area contributed by atoms with Gasteiger partial charge in [0.1, 0.15) is 0 Å². The first-order chi connectivity index (χ1) is 7.88. The molecule has 6 heteroatoms. The van der Waals surface area contributed by atoms with Crippen molar-refractivity contribution in [3.63, 3.8) is 0 Å². The summed E-state index contributed by atoms with van der Waals surface area (Å²) < 4.78 is 22.6. The summed E-state index contributed by atoms with van der Waals surface area (Å²) in [5.74, 6) is 0. The predicted octanol–water partition coefficient (Wildman–Crippen LogP) is 2.10. The van der Waals surface area contributed by atoms with Gasteiger partial charge in [-0.25, -0.2) is 13.4 Å². The quantitative estimate of drug-likeness (QED) is 0.905. The van der Waals surface area contributed by atoms with Gasteiger partial charge in [0, 0.05) is 6.26 Å². The van der Waals surface area contributed by atoms with Gasteiger partial charge in [0.25, 0.3) is 0 Å². The van der Waals surface area contributed by atoms with Crippen LogP contribution in [0.5, 0.6) is 0 Å². The zero-order chi connectivity index (χ0) is 12.6. The zero-order valence-corrected chi connectivity index (χ0v) is 11.1. The minimum atomic E-state index is -3.14. The van der Waals surface area contributed by atoms with Crippen LogP contribution in [0.2, 0.25) is 0 Å². The third-order valence-corrected chi connectivity index (χ3v) is 4.52. The molecule has 0 fully saturated rings. The summed E-state index contributed by atoms with van der Waals surface area (Å²) in [6.07, 6.45) is 1.19. The number of benzene rings is 1. The number of sulfone groups is 1. The minimum absolute atomic E-state index is 0.316. The average molecular weight is 268 g/mol. The number of nitrogens with zero attached hydrogens (tertiary/aromatic N) is 1. The lowest BCUT2D eigenvalue weighted by Gasteiger charge is -2.01. The molecule has 1 heterocycles. The molecule has 1 aromatic heterocycles. The highest BCUT2D eigenvalue weighted by Crippen LogP contribution is 2.31. The van der Waals surface area contributed by atoms with Crippen LogP contribution >= 0.6 is 11.3 Å². The number of hydrogen-bond donors (Lipinski definition) is 1. The summed E-state index contributed by atoms with van der Waals surface area (Å²) in [6, 6.07) is 6.74. The molecule has 2 rings (SSSR count). The van der Waals surface area contributed by atoms with Crippen LogP contribution in [-0.2, 0) is 9.84 Å². The van der Waals surface area contributed by atoms with E-state index in [1.165, 1.54) is 17.6 Å². The van der Waals surface area contributed by atoms with E-state index >= 15 is 0 Å².